The maximum absolute atomic E-state index is 11.0. The predicted octanol–water partition coefficient (Wildman–Crippen LogP) is 3.69. The Hall–Kier alpha value is -0.860. The molecule has 3 rings (SSSR count). The zero-order valence-electron chi connectivity index (χ0n) is 12.8. The van der Waals surface area contributed by atoms with Crippen molar-refractivity contribution in [3.63, 3.8) is 0 Å². The van der Waals surface area contributed by atoms with Crippen LogP contribution in [-0.2, 0) is 6.42 Å². The third-order valence-corrected chi connectivity index (χ3v) is 5.39. The molecular weight excluding hydrogens is 246 g/mol. The summed E-state index contributed by atoms with van der Waals surface area (Å²) in [6, 6.07) is 10.1. The number of aliphatic hydroxyl groups excluding tert-OH is 1. The van der Waals surface area contributed by atoms with Crippen molar-refractivity contribution in [3.8, 4) is 0 Å². The van der Waals surface area contributed by atoms with E-state index in [0.717, 1.165) is 12.8 Å². The van der Waals surface area contributed by atoms with Crippen LogP contribution in [0.2, 0.25) is 0 Å². The highest BCUT2D eigenvalue weighted by atomic mass is 16.3. The molecule has 0 amide bonds. The van der Waals surface area contributed by atoms with Crippen LogP contribution in [-0.4, -0.2) is 28.1 Å². The first-order chi connectivity index (χ1) is 9.72. The molecule has 0 radical (unpaired) electrons. The molecule has 1 aliphatic heterocycles. The average Bonchev–Trinajstić information content (AvgIpc) is 2.76. The van der Waals surface area contributed by atoms with Gasteiger partial charge in [-0.1, -0.05) is 31.2 Å². The summed E-state index contributed by atoms with van der Waals surface area (Å²) in [6.45, 7) is 4.62. The van der Waals surface area contributed by atoms with E-state index in [1.165, 1.54) is 36.8 Å². The quantitative estimate of drug-likeness (QED) is 0.831. The average molecular weight is 273 g/mol. The van der Waals surface area contributed by atoms with Gasteiger partial charge >= 0.3 is 0 Å². The van der Waals surface area contributed by atoms with Gasteiger partial charge in [0, 0.05) is 18.1 Å². The maximum Gasteiger partial charge on any atom is 0.0948 e. The SMILES string of the molecule is CCC1CCC(C)N1C1CCCc2ccccc2C1O. The lowest BCUT2D eigenvalue weighted by atomic mass is 9.96. The van der Waals surface area contributed by atoms with Crippen LogP contribution in [0.1, 0.15) is 63.2 Å². The summed E-state index contributed by atoms with van der Waals surface area (Å²) in [5.74, 6) is 0. The van der Waals surface area contributed by atoms with Crippen molar-refractivity contribution in [1.82, 2.24) is 4.90 Å². The van der Waals surface area contributed by atoms with Crippen molar-refractivity contribution < 1.29 is 5.11 Å². The molecule has 4 unspecified atom stereocenters. The normalized spacial score (nSPS) is 34.8. The van der Waals surface area contributed by atoms with E-state index in [1.54, 1.807) is 0 Å². The Kier molecular flexibility index (Phi) is 4.13. The van der Waals surface area contributed by atoms with Gasteiger partial charge in [-0.15, -0.1) is 0 Å². The number of likely N-dealkylation sites (tertiary alicyclic amines) is 1. The molecule has 2 aliphatic rings. The molecule has 1 aromatic rings. The van der Waals surface area contributed by atoms with Crippen LogP contribution in [0.3, 0.4) is 0 Å². The minimum absolute atomic E-state index is 0.307. The Morgan fingerprint density at radius 1 is 1.20 bits per heavy atom. The minimum atomic E-state index is -0.316. The molecule has 2 nitrogen and oxygen atoms in total. The maximum atomic E-state index is 11.0. The number of fused-ring (bicyclic) bond motifs is 1. The Bertz CT molecular complexity index is 458. The molecule has 1 saturated heterocycles. The summed E-state index contributed by atoms with van der Waals surface area (Å²) in [5.41, 5.74) is 2.52. The van der Waals surface area contributed by atoms with Gasteiger partial charge in [-0.25, -0.2) is 0 Å². The fourth-order valence-electron chi connectivity index (χ4n) is 4.33. The Morgan fingerprint density at radius 3 is 2.80 bits per heavy atom. The topological polar surface area (TPSA) is 23.5 Å². The monoisotopic (exact) mass is 273 g/mol. The first kappa shape index (κ1) is 14.1. The zero-order chi connectivity index (χ0) is 14.1. The number of benzene rings is 1. The summed E-state index contributed by atoms with van der Waals surface area (Å²) in [4.78, 5) is 2.63. The van der Waals surface area contributed by atoms with E-state index in [-0.39, 0.29) is 6.10 Å². The van der Waals surface area contributed by atoms with Crippen LogP contribution < -0.4 is 0 Å². The van der Waals surface area contributed by atoms with Gasteiger partial charge < -0.3 is 5.11 Å². The van der Waals surface area contributed by atoms with Gasteiger partial charge in [0.05, 0.1) is 6.10 Å². The smallest absolute Gasteiger partial charge is 0.0948 e. The lowest BCUT2D eigenvalue weighted by molar-refractivity contribution is 0.0179. The molecule has 1 N–H and O–H groups in total. The second-order valence-electron chi connectivity index (χ2n) is 6.54. The van der Waals surface area contributed by atoms with Gasteiger partial charge in [0.1, 0.15) is 0 Å². The first-order valence-corrected chi connectivity index (χ1v) is 8.25. The second-order valence-corrected chi connectivity index (χ2v) is 6.54. The van der Waals surface area contributed by atoms with Crippen molar-refractivity contribution >= 4 is 0 Å². The predicted molar refractivity (Wildman–Crippen MR) is 82.7 cm³/mol. The van der Waals surface area contributed by atoms with Crippen molar-refractivity contribution in [2.24, 2.45) is 0 Å². The molecule has 0 bridgehead atoms. The van der Waals surface area contributed by atoms with Crippen molar-refractivity contribution in [2.45, 2.75) is 76.6 Å². The van der Waals surface area contributed by atoms with E-state index < -0.39 is 0 Å². The Balaban J connectivity index is 1.90. The van der Waals surface area contributed by atoms with Crippen molar-refractivity contribution in [3.05, 3.63) is 35.4 Å². The third-order valence-electron chi connectivity index (χ3n) is 5.39. The highest BCUT2D eigenvalue weighted by Gasteiger charge is 2.39. The molecule has 20 heavy (non-hydrogen) atoms. The summed E-state index contributed by atoms with van der Waals surface area (Å²) in [5, 5.41) is 11.0. The Labute approximate surface area is 122 Å². The highest BCUT2D eigenvalue weighted by molar-refractivity contribution is 5.31. The van der Waals surface area contributed by atoms with Crippen LogP contribution in [0, 0.1) is 0 Å². The molecule has 1 fully saturated rings. The number of rotatable bonds is 2. The fourth-order valence-corrected chi connectivity index (χ4v) is 4.33. The van der Waals surface area contributed by atoms with Crippen molar-refractivity contribution in [1.29, 1.82) is 0 Å². The number of nitrogens with zero attached hydrogens (tertiary/aromatic N) is 1. The largest absolute Gasteiger partial charge is 0.387 e. The fraction of sp³-hybridized carbons (Fsp3) is 0.667. The minimum Gasteiger partial charge on any atom is -0.387 e. The van der Waals surface area contributed by atoms with E-state index in [9.17, 15) is 5.11 Å². The molecule has 0 saturated carbocycles. The van der Waals surface area contributed by atoms with E-state index in [1.807, 2.05) is 0 Å². The zero-order valence-corrected chi connectivity index (χ0v) is 12.8. The molecule has 0 spiro atoms. The van der Waals surface area contributed by atoms with Gasteiger partial charge in [0.25, 0.3) is 0 Å². The van der Waals surface area contributed by atoms with E-state index >= 15 is 0 Å². The lowest BCUT2D eigenvalue weighted by Gasteiger charge is -2.38. The Morgan fingerprint density at radius 2 is 2.00 bits per heavy atom. The van der Waals surface area contributed by atoms with Crippen LogP contribution in [0.4, 0.5) is 0 Å². The number of aliphatic hydroxyl groups is 1. The van der Waals surface area contributed by atoms with Gasteiger partial charge in [-0.3, -0.25) is 4.90 Å². The van der Waals surface area contributed by atoms with Gasteiger partial charge in [0.15, 0.2) is 0 Å². The molecule has 1 aromatic carbocycles. The summed E-state index contributed by atoms with van der Waals surface area (Å²) < 4.78 is 0. The lowest BCUT2D eigenvalue weighted by Crippen LogP contribution is -2.45. The van der Waals surface area contributed by atoms with Crippen LogP contribution in [0.15, 0.2) is 24.3 Å². The first-order valence-electron chi connectivity index (χ1n) is 8.25. The number of hydrogen-bond acceptors (Lipinski definition) is 2. The third kappa shape index (κ3) is 2.40. The molecular formula is C18H27NO. The van der Waals surface area contributed by atoms with Crippen LogP contribution in [0.25, 0.3) is 0 Å². The molecule has 1 heterocycles. The van der Waals surface area contributed by atoms with Gasteiger partial charge in [-0.2, -0.15) is 0 Å². The van der Waals surface area contributed by atoms with E-state index in [0.29, 0.717) is 18.1 Å². The van der Waals surface area contributed by atoms with E-state index in [2.05, 4.69) is 43.0 Å². The van der Waals surface area contributed by atoms with Crippen LogP contribution in [0.5, 0.6) is 0 Å². The van der Waals surface area contributed by atoms with Crippen LogP contribution >= 0.6 is 0 Å². The summed E-state index contributed by atoms with van der Waals surface area (Å²) in [7, 11) is 0. The summed E-state index contributed by atoms with van der Waals surface area (Å²) in [6.07, 6.45) is 6.89. The number of hydrogen-bond donors (Lipinski definition) is 1. The second kappa shape index (κ2) is 5.87. The number of aryl methyl sites for hydroxylation is 1. The standard InChI is InChI=1S/C18H27NO/c1-3-15-12-11-13(2)19(15)17-10-6-8-14-7-4-5-9-16(14)18(17)20/h4-5,7,9,13,15,17-18,20H,3,6,8,10-12H2,1-2H3. The van der Waals surface area contributed by atoms with E-state index in [4.69, 9.17) is 0 Å². The molecule has 1 aliphatic carbocycles. The molecule has 2 heteroatoms. The van der Waals surface area contributed by atoms with Crippen molar-refractivity contribution in [2.75, 3.05) is 0 Å². The summed E-state index contributed by atoms with van der Waals surface area (Å²) >= 11 is 0. The molecule has 4 atom stereocenters. The van der Waals surface area contributed by atoms with Gasteiger partial charge in [0.2, 0.25) is 0 Å². The molecule has 0 aromatic heterocycles. The molecule has 110 valence electrons. The van der Waals surface area contributed by atoms with Gasteiger partial charge in [-0.05, 0) is 56.6 Å². The highest BCUT2D eigenvalue weighted by Crippen LogP contribution is 2.38.